The molecule has 4 aromatic rings. The molecule has 1 fully saturated rings. The van der Waals surface area contributed by atoms with Gasteiger partial charge in [-0.05, 0) is 43.2 Å². The Labute approximate surface area is 190 Å². The number of fused-ring (bicyclic) bond motifs is 1. The molecule has 0 saturated heterocycles. The number of halogens is 1. The first kappa shape index (κ1) is 21.0. The molecule has 0 bridgehead atoms. The maximum absolute atomic E-state index is 13.8. The number of amides is 1. The van der Waals surface area contributed by atoms with Gasteiger partial charge in [0, 0.05) is 35.5 Å². The number of nitrogens with zero attached hydrogens (tertiary/aromatic N) is 3. The second-order valence-electron chi connectivity index (χ2n) is 8.27. The Hall–Kier alpha value is -3.87. The molecule has 0 radical (unpaired) electrons. The maximum atomic E-state index is 13.8. The summed E-state index contributed by atoms with van der Waals surface area (Å²) in [5.74, 6) is -0.674. The molecule has 1 saturated carbocycles. The third kappa shape index (κ3) is 4.14. The first-order valence-corrected chi connectivity index (χ1v) is 11.1. The van der Waals surface area contributed by atoms with Crippen molar-refractivity contribution in [3.05, 3.63) is 94.2 Å². The van der Waals surface area contributed by atoms with Gasteiger partial charge in [-0.3, -0.25) is 14.2 Å². The number of hydrogen-bond donors (Lipinski definition) is 1. The van der Waals surface area contributed by atoms with Gasteiger partial charge in [-0.25, -0.2) is 14.4 Å². The number of hydrogen-bond acceptors (Lipinski definition) is 4. The minimum Gasteiger partial charge on any atom is -0.348 e. The van der Waals surface area contributed by atoms with Gasteiger partial charge in [0.15, 0.2) is 5.65 Å². The summed E-state index contributed by atoms with van der Waals surface area (Å²) < 4.78 is 15.6. The minimum atomic E-state index is -0.358. The molecular weight excluding hydrogens is 419 g/mol. The first-order chi connectivity index (χ1) is 16.1. The van der Waals surface area contributed by atoms with Crippen LogP contribution in [0.4, 0.5) is 4.39 Å². The molecular formula is C26H23FN4O2. The van der Waals surface area contributed by atoms with Crippen LogP contribution in [0.15, 0.2) is 71.7 Å². The van der Waals surface area contributed by atoms with Crippen LogP contribution in [0.5, 0.6) is 0 Å². The van der Waals surface area contributed by atoms with Gasteiger partial charge in [-0.15, -0.1) is 0 Å². The Morgan fingerprint density at radius 2 is 1.79 bits per heavy atom. The summed E-state index contributed by atoms with van der Waals surface area (Å²) in [6.45, 7) is 0.0958. The molecule has 0 aliphatic heterocycles. The van der Waals surface area contributed by atoms with E-state index in [9.17, 15) is 14.0 Å². The van der Waals surface area contributed by atoms with E-state index in [0.29, 0.717) is 33.5 Å². The molecule has 2 heterocycles. The Morgan fingerprint density at radius 1 is 1.03 bits per heavy atom. The summed E-state index contributed by atoms with van der Waals surface area (Å²) >= 11 is 0. The number of pyridine rings is 1. The van der Waals surface area contributed by atoms with E-state index in [1.807, 2.05) is 12.1 Å². The van der Waals surface area contributed by atoms with Crippen molar-refractivity contribution >= 4 is 17.1 Å². The molecule has 2 aromatic heterocycles. The van der Waals surface area contributed by atoms with Crippen molar-refractivity contribution in [3.63, 3.8) is 0 Å². The number of nitrogens with one attached hydrogen (secondary N) is 1. The van der Waals surface area contributed by atoms with Gasteiger partial charge in [0.1, 0.15) is 17.0 Å². The Balaban J connectivity index is 1.44. The van der Waals surface area contributed by atoms with Gasteiger partial charge in [-0.1, -0.05) is 43.2 Å². The third-order valence-corrected chi connectivity index (χ3v) is 6.16. The van der Waals surface area contributed by atoms with E-state index < -0.39 is 0 Å². The standard InChI is InChI=1S/C26H23FN4O2/c27-21-9-4-1-6-19(21)16-29-25(32)18-13-11-17(12-14-18)23-26(33)31(20-7-2-3-8-20)24-22(30-23)10-5-15-28-24/h1,4-6,9-15,20H,2-3,7-8,16H2,(H,29,32). The van der Waals surface area contributed by atoms with E-state index in [-0.39, 0.29) is 29.9 Å². The van der Waals surface area contributed by atoms with Crippen LogP contribution >= 0.6 is 0 Å². The smallest absolute Gasteiger partial charge is 0.278 e. The highest BCUT2D eigenvalue weighted by molar-refractivity contribution is 5.94. The lowest BCUT2D eigenvalue weighted by molar-refractivity contribution is 0.0950. The number of aromatic nitrogens is 3. The van der Waals surface area contributed by atoms with E-state index in [2.05, 4.69) is 15.3 Å². The van der Waals surface area contributed by atoms with Crippen LogP contribution in [0.25, 0.3) is 22.4 Å². The lowest BCUT2D eigenvalue weighted by Gasteiger charge is -2.17. The van der Waals surface area contributed by atoms with E-state index in [1.165, 1.54) is 6.07 Å². The Bertz CT molecular complexity index is 1380. The van der Waals surface area contributed by atoms with Gasteiger partial charge in [0.05, 0.1) is 0 Å². The predicted octanol–water partition coefficient (Wildman–Crippen LogP) is 4.64. The molecule has 1 N–H and O–H groups in total. The van der Waals surface area contributed by atoms with Crippen molar-refractivity contribution < 1.29 is 9.18 Å². The lowest BCUT2D eigenvalue weighted by atomic mass is 10.1. The highest BCUT2D eigenvalue weighted by Gasteiger charge is 2.23. The van der Waals surface area contributed by atoms with E-state index >= 15 is 0 Å². The summed E-state index contributed by atoms with van der Waals surface area (Å²) in [5, 5.41) is 2.73. The van der Waals surface area contributed by atoms with Crippen LogP contribution in [0.1, 0.15) is 47.6 Å². The summed E-state index contributed by atoms with van der Waals surface area (Å²) in [7, 11) is 0. The second kappa shape index (κ2) is 8.94. The zero-order valence-electron chi connectivity index (χ0n) is 18.0. The summed E-state index contributed by atoms with van der Waals surface area (Å²) in [4.78, 5) is 35.0. The van der Waals surface area contributed by atoms with Crippen molar-refractivity contribution in [2.45, 2.75) is 38.3 Å². The van der Waals surface area contributed by atoms with Gasteiger partial charge < -0.3 is 5.32 Å². The SMILES string of the molecule is O=C(NCc1ccccc1F)c1ccc(-c2nc3cccnc3n(C3CCCC3)c2=O)cc1. The molecule has 2 aromatic carbocycles. The number of rotatable bonds is 5. The molecule has 1 amide bonds. The largest absolute Gasteiger partial charge is 0.348 e. The quantitative estimate of drug-likeness (QED) is 0.488. The summed E-state index contributed by atoms with van der Waals surface area (Å²) in [6.07, 6.45) is 5.79. The van der Waals surface area contributed by atoms with Crippen molar-refractivity contribution in [1.82, 2.24) is 19.9 Å². The van der Waals surface area contributed by atoms with Crippen LogP contribution in [0.3, 0.4) is 0 Å². The van der Waals surface area contributed by atoms with Crippen molar-refractivity contribution in [1.29, 1.82) is 0 Å². The fourth-order valence-electron chi connectivity index (χ4n) is 4.43. The molecule has 166 valence electrons. The van der Waals surface area contributed by atoms with Crippen LogP contribution in [0.2, 0.25) is 0 Å². The normalized spacial score (nSPS) is 14.0. The van der Waals surface area contributed by atoms with Crippen LogP contribution in [-0.2, 0) is 6.54 Å². The van der Waals surface area contributed by atoms with Crippen LogP contribution < -0.4 is 10.9 Å². The van der Waals surface area contributed by atoms with Crippen LogP contribution in [-0.4, -0.2) is 20.4 Å². The maximum Gasteiger partial charge on any atom is 0.278 e. The zero-order valence-corrected chi connectivity index (χ0v) is 18.0. The highest BCUT2D eigenvalue weighted by atomic mass is 19.1. The van der Waals surface area contributed by atoms with E-state index in [0.717, 1.165) is 25.7 Å². The molecule has 33 heavy (non-hydrogen) atoms. The highest BCUT2D eigenvalue weighted by Crippen LogP contribution is 2.30. The Kier molecular flexibility index (Phi) is 5.69. The minimum absolute atomic E-state index is 0.0958. The molecule has 0 unspecified atom stereocenters. The number of benzene rings is 2. The molecule has 1 aliphatic rings. The molecule has 0 atom stereocenters. The monoisotopic (exact) mass is 442 g/mol. The first-order valence-electron chi connectivity index (χ1n) is 11.1. The molecule has 5 rings (SSSR count). The van der Waals surface area contributed by atoms with Crippen molar-refractivity contribution in [2.24, 2.45) is 0 Å². The zero-order chi connectivity index (χ0) is 22.8. The summed E-state index contributed by atoms with van der Waals surface area (Å²) in [5.41, 5.74) is 2.96. The van der Waals surface area contributed by atoms with Gasteiger partial charge in [0.25, 0.3) is 11.5 Å². The molecule has 7 heteroatoms. The van der Waals surface area contributed by atoms with Gasteiger partial charge in [-0.2, -0.15) is 0 Å². The molecule has 1 aliphatic carbocycles. The Morgan fingerprint density at radius 3 is 2.55 bits per heavy atom. The van der Waals surface area contributed by atoms with Crippen molar-refractivity contribution in [2.75, 3.05) is 0 Å². The fraction of sp³-hybridized carbons (Fsp3) is 0.231. The summed E-state index contributed by atoms with van der Waals surface area (Å²) in [6, 6.07) is 16.9. The average molecular weight is 442 g/mol. The topological polar surface area (TPSA) is 76.9 Å². The lowest BCUT2D eigenvalue weighted by Crippen LogP contribution is -2.27. The fourth-order valence-corrected chi connectivity index (χ4v) is 4.43. The van der Waals surface area contributed by atoms with Crippen molar-refractivity contribution in [3.8, 4) is 11.3 Å². The molecule has 6 nitrogen and oxygen atoms in total. The third-order valence-electron chi connectivity index (χ3n) is 6.16. The number of carbonyl (C=O) groups is 1. The van der Waals surface area contributed by atoms with Gasteiger partial charge >= 0.3 is 0 Å². The molecule has 0 spiro atoms. The van der Waals surface area contributed by atoms with Crippen LogP contribution in [0, 0.1) is 5.82 Å². The second-order valence-corrected chi connectivity index (χ2v) is 8.27. The van der Waals surface area contributed by atoms with Gasteiger partial charge in [0.2, 0.25) is 0 Å². The average Bonchev–Trinajstić information content (AvgIpc) is 3.37. The number of carbonyl (C=O) groups excluding carboxylic acids is 1. The predicted molar refractivity (Wildman–Crippen MR) is 124 cm³/mol. The van der Waals surface area contributed by atoms with E-state index in [4.69, 9.17) is 0 Å². The van der Waals surface area contributed by atoms with E-state index in [1.54, 1.807) is 53.2 Å².